The third kappa shape index (κ3) is 2.81. The fraction of sp³-hybridized carbons (Fsp3) is 0.0667. The number of para-hydroxylation sites is 1. The first-order chi connectivity index (χ1) is 10.2. The molecule has 0 fully saturated rings. The molecule has 0 aliphatic heterocycles. The van der Waals surface area contributed by atoms with E-state index < -0.39 is 0 Å². The molecule has 0 radical (unpaired) electrons. The molecule has 0 saturated heterocycles. The highest BCUT2D eigenvalue weighted by Crippen LogP contribution is 2.33. The topological polar surface area (TPSA) is 73.1 Å². The van der Waals surface area contributed by atoms with Crippen LogP contribution in [0.5, 0.6) is 11.6 Å². The van der Waals surface area contributed by atoms with Gasteiger partial charge in [0.2, 0.25) is 11.8 Å². The van der Waals surface area contributed by atoms with Gasteiger partial charge in [0.25, 0.3) is 0 Å². The number of ether oxygens (including phenoxy) is 1. The minimum atomic E-state index is 0.312. The molecule has 0 atom stereocenters. The van der Waals surface area contributed by atoms with Gasteiger partial charge in [-0.15, -0.1) is 0 Å². The zero-order valence-corrected chi connectivity index (χ0v) is 12.9. The molecule has 3 N–H and O–H groups in total. The fourth-order valence-electron chi connectivity index (χ4n) is 1.98. The van der Waals surface area contributed by atoms with Crippen LogP contribution in [0.2, 0.25) is 0 Å². The number of benzene rings is 2. The quantitative estimate of drug-likeness (QED) is 0.558. The highest BCUT2D eigenvalue weighted by atomic mass is 79.9. The molecule has 0 unspecified atom stereocenters. The molecular formula is C15H13BrN4O. The summed E-state index contributed by atoms with van der Waals surface area (Å²) in [6.07, 6.45) is 0. The van der Waals surface area contributed by atoms with Crippen molar-refractivity contribution in [3.63, 3.8) is 0 Å². The van der Waals surface area contributed by atoms with Crippen molar-refractivity contribution in [3.8, 4) is 11.6 Å². The molecule has 5 nitrogen and oxygen atoms in total. The van der Waals surface area contributed by atoms with Gasteiger partial charge in [0, 0.05) is 0 Å². The maximum atomic E-state index is 5.93. The number of fused-ring (bicyclic) bond motifs is 1. The van der Waals surface area contributed by atoms with Crippen molar-refractivity contribution < 1.29 is 4.74 Å². The van der Waals surface area contributed by atoms with Crippen molar-refractivity contribution in [2.45, 2.75) is 6.92 Å². The van der Waals surface area contributed by atoms with Crippen molar-refractivity contribution in [1.82, 2.24) is 9.97 Å². The van der Waals surface area contributed by atoms with Crippen LogP contribution in [-0.2, 0) is 0 Å². The van der Waals surface area contributed by atoms with E-state index in [0.29, 0.717) is 17.6 Å². The van der Waals surface area contributed by atoms with Crippen molar-refractivity contribution in [2.75, 3.05) is 5.43 Å². The second-order valence-corrected chi connectivity index (χ2v) is 5.40. The highest BCUT2D eigenvalue weighted by Gasteiger charge is 2.11. The Hall–Kier alpha value is -2.18. The molecule has 0 aliphatic carbocycles. The summed E-state index contributed by atoms with van der Waals surface area (Å²) in [4.78, 5) is 8.58. The van der Waals surface area contributed by atoms with Crippen LogP contribution in [0.15, 0.2) is 46.9 Å². The number of anilines is 1. The Bertz CT molecular complexity index is 807. The Morgan fingerprint density at radius 1 is 1.14 bits per heavy atom. The third-order valence-corrected chi connectivity index (χ3v) is 3.61. The summed E-state index contributed by atoms with van der Waals surface area (Å²) in [6, 6.07) is 13.5. The second kappa shape index (κ2) is 5.67. The van der Waals surface area contributed by atoms with Crippen LogP contribution >= 0.6 is 15.9 Å². The van der Waals surface area contributed by atoms with Crippen LogP contribution in [0, 0.1) is 6.92 Å². The van der Waals surface area contributed by atoms with Crippen molar-refractivity contribution in [3.05, 3.63) is 52.5 Å². The largest absolute Gasteiger partial charge is 0.437 e. The van der Waals surface area contributed by atoms with Gasteiger partial charge in [-0.2, -0.15) is 4.98 Å². The molecule has 106 valence electrons. The first-order valence-electron chi connectivity index (χ1n) is 6.35. The number of halogens is 1. The van der Waals surface area contributed by atoms with Gasteiger partial charge in [-0.25, -0.2) is 10.8 Å². The van der Waals surface area contributed by atoms with E-state index in [9.17, 15) is 0 Å². The van der Waals surface area contributed by atoms with E-state index >= 15 is 0 Å². The van der Waals surface area contributed by atoms with Crippen LogP contribution in [0.4, 0.5) is 5.95 Å². The fourth-order valence-corrected chi connectivity index (χ4v) is 2.56. The maximum Gasteiger partial charge on any atom is 0.241 e. The smallest absolute Gasteiger partial charge is 0.241 e. The lowest BCUT2D eigenvalue weighted by atomic mass is 10.2. The van der Waals surface area contributed by atoms with Gasteiger partial charge in [0.05, 0.1) is 15.4 Å². The van der Waals surface area contributed by atoms with Gasteiger partial charge in [-0.1, -0.05) is 18.2 Å². The molecule has 3 aromatic rings. The Kier molecular flexibility index (Phi) is 3.72. The van der Waals surface area contributed by atoms with E-state index in [1.165, 1.54) is 0 Å². The molecule has 1 heterocycles. The Morgan fingerprint density at radius 2 is 1.95 bits per heavy atom. The molecule has 0 bridgehead atoms. The average molecular weight is 345 g/mol. The number of hydrazine groups is 1. The van der Waals surface area contributed by atoms with Gasteiger partial charge < -0.3 is 4.74 Å². The molecule has 1 aromatic heterocycles. The SMILES string of the molecule is Cc1ccc(Oc2nc(NN)nc3ccccc23)c(Br)c1. The van der Waals surface area contributed by atoms with Crippen molar-refractivity contribution in [1.29, 1.82) is 0 Å². The lowest BCUT2D eigenvalue weighted by Gasteiger charge is -2.11. The number of rotatable bonds is 3. The lowest BCUT2D eigenvalue weighted by molar-refractivity contribution is 0.466. The molecule has 6 heteroatoms. The Balaban J connectivity index is 2.10. The van der Waals surface area contributed by atoms with Crippen molar-refractivity contribution >= 4 is 32.8 Å². The third-order valence-electron chi connectivity index (χ3n) is 2.99. The second-order valence-electron chi connectivity index (χ2n) is 4.55. The number of nitrogens with one attached hydrogen (secondary N) is 1. The molecule has 0 saturated carbocycles. The highest BCUT2D eigenvalue weighted by molar-refractivity contribution is 9.10. The molecule has 21 heavy (non-hydrogen) atoms. The van der Waals surface area contributed by atoms with E-state index in [-0.39, 0.29) is 0 Å². The van der Waals surface area contributed by atoms with E-state index in [0.717, 1.165) is 20.9 Å². The number of aryl methyl sites for hydroxylation is 1. The molecule has 3 rings (SSSR count). The maximum absolute atomic E-state index is 5.93. The van der Waals surface area contributed by atoms with E-state index in [2.05, 4.69) is 31.3 Å². The van der Waals surface area contributed by atoms with Gasteiger partial charge in [0.15, 0.2) is 0 Å². The standard InChI is InChI=1S/C15H13BrN4O/c1-9-6-7-13(11(16)8-9)21-14-10-4-2-3-5-12(10)18-15(19-14)20-17/h2-8H,17H2,1H3,(H,18,19,20). The summed E-state index contributed by atoms with van der Waals surface area (Å²) in [7, 11) is 0. The number of nitrogen functional groups attached to an aromatic ring is 1. The number of aromatic nitrogens is 2. The summed E-state index contributed by atoms with van der Waals surface area (Å²) in [5.74, 6) is 6.87. The van der Waals surface area contributed by atoms with E-state index in [1.54, 1.807) is 0 Å². The summed E-state index contributed by atoms with van der Waals surface area (Å²) < 4.78 is 6.79. The number of nitrogens with zero attached hydrogens (tertiary/aromatic N) is 2. The molecule has 0 amide bonds. The normalized spacial score (nSPS) is 10.6. The first-order valence-corrected chi connectivity index (χ1v) is 7.14. The zero-order valence-electron chi connectivity index (χ0n) is 11.3. The predicted octanol–water partition coefficient (Wildman–Crippen LogP) is 3.78. The number of hydrogen-bond acceptors (Lipinski definition) is 5. The summed E-state index contributed by atoms with van der Waals surface area (Å²) >= 11 is 3.50. The van der Waals surface area contributed by atoms with Crippen LogP contribution in [0.3, 0.4) is 0 Å². The average Bonchev–Trinajstić information content (AvgIpc) is 2.49. The van der Waals surface area contributed by atoms with Crippen LogP contribution in [-0.4, -0.2) is 9.97 Å². The van der Waals surface area contributed by atoms with Crippen molar-refractivity contribution in [2.24, 2.45) is 5.84 Å². The van der Waals surface area contributed by atoms with Crippen LogP contribution < -0.4 is 16.0 Å². The zero-order chi connectivity index (χ0) is 14.8. The summed E-state index contributed by atoms with van der Waals surface area (Å²) in [5.41, 5.74) is 4.36. The van der Waals surface area contributed by atoms with Gasteiger partial charge >= 0.3 is 0 Å². The Morgan fingerprint density at radius 3 is 2.71 bits per heavy atom. The molecule has 0 aliphatic rings. The minimum absolute atomic E-state index is 0.312. The summed E-state index contributed by atoms with van der Waals surface area (Å²) in [6.45, 7) is 2.02. The summed E-state index contributed by atoms with van der Waals surface area (Å²) in [5, 5.41) is 0.823. The Labute approximate surface area is 130 Å². The first kappa shape index (κ1) is 13.8. The minimum Gasteiger partial charge on any atom is -0.437 e. The number of nitrogens with two attached hydrogens (primary N) is 1. The van der Waals surface area contributed by atoms with Gasteiger partial charge in [-0.05, 0) is 52.7 Å². The van der Waals surface area contributed by atoms with Gasteiger partial charge in [0.1, 0.15) is 5.75 Å². The molecule has 2 aromatic carbocycles. The van der Waals surface area contributed by atoms with Crippen LogP contribution in [0.1, 0.15) is 5.56 Å². The van der Waals surface area contributed by atoms with E-state index in [1.807, 2.05) is 49.4 Å². The lowest BCUT2D eigenvalue weighted by Crippen LogP contribution is -2.11. The number of hydrogen-bond donors (Lipinski definition) is 2. The monoisotopic (exact) mass is 344 g/mol. The molecular weight excluding hydrogens is 332 g/mol. The van der Waals surface area contributed by atoms with Crippen LogP contribution in [0.25, 0.3) is 10.9 Å². The van der Waals surface area contributed by atoms with E-state index in [4.69, 9.17) is 10.6 Å². The van der Waals surface area contributed by atoms with Gasteiger partial charge in [-0.3, -0.25) is 5.43 Å². The predicted molar refractivity (Wildman–Crippen MR) is 86.3 cm³/mol. The molecule has 0 spiro atoms.